The Labute approximate surface area is 118 Å². The van der Waals surface area contributed by atoms with Gasteiger partial charge in [0.2, 0.25) is 5.91 Å². The Bertz CT molecular complexity index is 412. The van der Waals surface area contributed by atoms with Crippen molar-refractivity contribution < 1.29 is 4.79 Å². The summed E-state index contributed by atoms with van der Waals surface area (Å²) in [6.07, 6.45) is 3.74. The molecule has 1 aliphatic carbocycles. The summed E-state index contributed by atoms with van der Waals surface area (Å²) >= 11 is 5.85. The molecule has 18 heavy (non-hydrogen) atoms. The van der Waals surface area contributed by atoms with Crippen LogP contribution in [0.2, 0.25) is 5.02 Å². The lowest BCUT2D eigenvalue weighted by Gasteiger charge is -2.14. The number of benzene rings is 1. The summed E-state index contributed by atoms with van der Waals surface area (Å²) in [6, 6.07) is 7.36. The molecule has 2 atom stereocenters. The van der Waals surface area contributed by atoms with E-state index in [0.717, 1.165) is 24.9 Å². The van der Waals surface area contributed by atoms with Crippen molar-refractivity contribution in [3.05, 3.63) is 29.3 Å². The van der Waals surface area contributed by atoms with Crippen LogP contribution in [0.3, 0.4) is 0 Å². The number of rotatable bonds is 3. The van der Waals surface area contributed by atoms with Crippen molar-refractivity contribution in [3.8, 4) is 0 Å². The number of anilines is 1. The van der Waals surface area contributed by atoms with Crippen molar-refractivity contribution in [2.24, 2.45) is 11.7 Å². The molecule has 1 amide bonds. The molecule has 1 fully saturated rings. The van der Waals surface area contributed by atoms with Crippen LogP contribution in [0, 0.1) is 5.92 Å². The largest absolute Gasteiger partial charge is 0.327 e. The first-order chi connectivity index (χ1) is 8.15. The van der Waals surface area contributed by atoms with Crippen molar-refractivity contribution in [1.29, 1.82) is 0 Å². The molecule has 0 spiro atoms. The summed E-state index contributed by atoms with van der Waals surface area (Å²) < 4.78 is 0. The summed E-state index contributed by atoms with van der Waals surface area (Å²) in [5.41, 5.74) is 6.69. The third kappa shape index (κ3) is 4.16. The van der Waals surface area contributed by atoms with Gasteiger partial charge in [-0.3, -0.25) is 4.79 Å². The average molecular weight is 289 g/mol. The minimum atomic E-state index is 0. The molecule has 0 unspecified atom stereocenters. The number of carbonyl (C=O) groups is 1. The quantitative estimate of drug-likeness (QED) is 0.897. The van der Waals surface area contributed by atoms with Gasteiger partial charge in [-0.1, -0.05) is 24.1 Å². The number of nitrogens with one attached hydrogen (secondary N) is 1. The molecule has 0 aliphatic heterocycles. The molecule has 100 valence electrons. The van der Waals surface area contributed by atoms with Crippen LogP contribution < -0.4 is 11.1 Å². The van der Waals surface area contributed by atoms with Gasteiger partial charge in [-0.15, -0.1) is 12.4 Å². The van der Waals surface area contributed by atoms with Crippen LogP contribution in [0.1, 0.15) is 25.7 Å². The van der Waals surface area contributed by atoms with Crippen LogP contribution >= 0.6 is 24.0 Å². The van der Waals surface area contributed by atoms with Gasteiger partial charge in [-0.2, -0.15) is 0 Å². The Morgan fingerprint density at radius 1 is 1.44 bits per heavy atom. The highest BCUT2D eigenvalue weighted by atomic mass is 35.5. The molecule has 1 aromatic carbocycles. The zero-order valence-corrected chi connectivity index (χ0v) is 11.6. The highest BCUT2D eigenvalue weighted by Crippen LogP contribution is 2.27. The Hall–Kier alpha value is -0.770. The van der Waals surface area contributed by atoms with Crippen molar-refractivity contribution in [1.82, 2.24) is 0 Å². The minimum Gasteiger partial charge on any atom is -0.327 e. The number of carbonyl (C=O) groups excluding carboxylic acids is 1. The van der Waals surface area contributed by atoms with Crippen molar-refractivity contribution in [3.63, 3.8) is 0 Å². The zero-order valence-electron chi connectivity index (χ0n) is 10.1. The lowest BCUT2D eigenvalue weighted by atomic mass is 10.00. The number of halogens is 2. The van der Waals surface area contributed by atoms with Gasteiger partial charge in [0.25, 0.3) is 0 Å². The molecular formula is C13H18Cl2N2O. The lowest BCUT2D eigenvalue weighted by molar-refractivity contribution is -0.117. The second-order valence-electron chi connectivity index (χ2n) is 4.62. The van der Waals surface area contributed by atoms with Gasteiger partial charge in [0.15, 0.2) is 0 Å². The van der Waals surface area contributed by atoms with Gasteiger partial charge >= 0.3 is 0 Å². The Morgan fingerprint density at radius 2 is 2.22 bits per heavy atom. The van der Waals surface area contributed by atoms with Crippen molar-refractivity contribution >= 4 is 35.6 Å². The maximum Gasteiger partial charge on any atom is 0.224 e. The SMILES string of the molecule is Cl.N[C@@H]1CCC[C@H]1CC(=O)Nc1cccc(Cl)c1. The van der Waals surface area contributed by atoms with Crippen LogP contribution in [0.4, 0.5) is 5.69 Å². The molecule has 0 bridgehead atoms. The normalized spacial score (nSPS) is 22.3. The maximum atomic E-state index is 11.8. The predicted molar refractivity (Wildman–Crippen MR) is 77.3 cm³/mol. The van der Waals surface area contributed by atoms with E-state index in [1.54, 1.807) is 12.1 Å². The Morgan fingerprint density at radius 3 is 2.83 bits per heavy atom. The summed E-state index contributed by atoms with van der Waals surface area (Å²) in [6.45, 7) is 0. The number of nitrogens with two attached hydrogens (primary N) is 1. The fourth-order valence-corrected chi connectivity index (χ4v) is 2.53. The molecule has 1 aromatic rings. The van der Waals surface area contributed by atoms with Crippen LogP contribution in [0.25, 0.3) is 0 Å². The van der Waals surface area contributed by atoms with Gasteiger partial charge in [-0.25, -0.2) is 0 Å². The molecule has 1 saturated carbocycles. The second kappa shape index (κ2) is 6.98. The summed E-state index contributed by atoms with van der Waals surface area (Å²) in [7, 11) is 0. The average Bonchev–Trinajstić information content (AvgIpc) is 2.64. The van der Waals surface area contributed by atoms with Gasteiger partial charge in [0.05, 0.1) is 0 Å². The third-order valence-electron chi connectivity index (χ3n) is 3.27. The summed E-state index contributed by atoms with van der Waals surface area (Å²) in [5.74, 6) is 0.351. The van der Waals surface area contributed by atoms with E-state index in [4.69, 9.17) is 17.3 Å². The van der Waals surface area contributed by atoms with E-state index in [0.29, 0.717) is 17.4 Å². The van der Waals surface area contributed by atoms with E-state index in [2.05, 4.69) is 5.32 Å². The van der Waals surface area contributed by atoms with Crippen LogP contribution in [-0.4, -0.2) is 11.9 Å². The van der Waals surface area contributed by atoms with Gasteiger partial charge in [0.1, 0.15) is 0 Å². The van der Waals surface area contributed by atoms with E-state index in [9.17, 15) is 4.79 Å². The smallest absolute Gasteiger partial charge is 0.224 e. The highest BCUT2D eigenvalue weighted by Gasteiger charge is 2.25. The molecule has 0 heterocycles. The van der Waals surface area contributed by atoms with E-state index in [1.165, 1.54) is 0 Å². The Balaban J connectivity index is 0.00000162. The fourth-order valence-electron chi connectivity index (χ4n) is 2.34. The topological polar surface area (TPSA) is 55.1 Å². The standard InChI is InChI=1S/C13H17ClN2O.ClH/c14-10-4-2-5-11(8-10)16-13(17)7-9-3-1-6-12(9)15;/h2,4-5,8-9,12H,1,3,6-7,15H2,(H,16,17);1H/t9-,12+;/m0./s1. The molecule has 0 saturated heterocycles. The lowest BCUT2D eigenvalue weighted by Crippen LogP contribution is -2.28. The maximum absolute atomic E-state index is 11.8. The van der Waals surface area contributed by atoms with Gasteiger partial charge < -0.3 is 11.1 Å². The van der Waals surface area contributed by atoms with Crippen molar-refractivity contribution in [2.75, 3.05) is 5.32 Å². The van der Waals surface area contributed by atoms with Crippen LogP contribution in [0.5, 0.6) is 0 Å². The predicted octanol–water partition coefficient (Wildman–Crippen LogP) is 3.22. The zero-order chi connectivity index (χ0) is 12.3. The highest BCUT2D eigenvalue weighted by molar-refractivity contribution is 6.30. The van der Waals surface area contributed by atoms with Gasteiger partial charge in [-0.05, 0) is 37.0 Å². The first-order valence-electron chi connectivity index (χ1n) is 5.96. The van der Waals surface area contributed by atoms with Gasteiger partial charge in [0, 0.05) is 23.2 Å². The first-order valence-corrected chi connectivity index (χ1v) is 6.34. The molecule has 5 heteroatoms. The minimum absolute atomic E-state index is 0. The molecule has 2 rings (SSSR count). The van der Waals surface area contributed by atoms with E-state index in [-0.39, 0.29) is 24.4 Å². The van der Waals surface area contributed by atoms with Crippen LogP contribution in [0.15, 0.2) is 24.3 Å². The fraction of sp³-hybridized carbons (Fsp3) is 0.462. The number of hydrogen-bond acceptors (Lipinski definition) is 2. The first kappa shape index (κ1) is 15.3. The molecular weight excluding hydrogens is 271 g/mol. The monoisotopic (exact) mass is 288 g/mol. The van der Waals surface area contributed by atoms with E-state index < -0.39 is 0 Å². The molecule has 0 radical (unpaired) electrons. The Kier molecular flexibility index (Phi) is 5.93. The van der Waals surface area contributed by atoms with Crippen molar-refractivity contribution in [2.45, 2.75) is 31.7 Å². The molecule has 1 aliphatic rings. The second-order valence-corrected chi connectivity index (χ2v) is 5.05. The molecule has 3 N–H and O–H groups in total. The summed E-state index contributed by atoms with van der Waals surface area (Å²) in [4.78, 5) is 11.8. The summed E-state index contributed by atoms with van der Waals surface area (Å²) in [5, 5.41) is 3.48. The van der Waals surface area contributed by atoms with Crippen LogP contribution in [-0.2, 0) is 4.79 Å². The number of amides is 1. The van der Waals surface area contributed by atoms with E-state index >= 15 is 0 Å². The number of hydrogen-bond donors (Lipinski definition) is 2. The van der Waals surface area contributed by atoms with E-state index in [1.807, 2.05) is 12.1 Å². The molecule has 0 aromatic heterocycles. The third-order valence-corrected chi connectivity index (χ3v) is 3.51. The molecule has 3 nitrogen and oxygen atoms in total.